The quantitative estimate of drug-likeness (QED) is 0.574. The van der Waals surface area contributed by atoms with Gasteiger partial charge in [-0.25, -0.2) is 4.79 Å². The largest absolute Gasteiger partial charge is 0.467 e. The molecule has 5 heteroatoms. The van der Waals surface area contributed by atoms with Gasteiger partial charge in [-0.2, -0.15) is 5.10 Å². The summed E-state index contributed by atoms with van der Waals surface area (Å²) in [7, 11) is 1.38. The van der Waals surface area contributed by atoms with E-state index in [1.54, 1.807) is 6.20 Å². The van der Waals surface area contributed by atoms with Crippen LogP contribution >= 0.6 is 0 Å². The number of hydrogen-bond acceptors (Lipinski definition) is 4. The molecule has 0 spiro atoms. The summed E-state index contributed by atoms with van der Waals surface area (Å²) in [6.07, 6.45) is 2.29. The molecule has 0 bridgehead atoms. The van der Waals surface area contributed by atoms with Gasteiger partial charge in [0, 0.05) is 6.42 Å². The predicted octanol–water partition coefficient (Wildman–Crippen LogP) is -0.0807. The summed E-state index contributed by atoms with van der Waals surface area (Å²) in [6, 6.07) is -0.251. The van der Waals surface area contributed by atoms with Gasteiger partial charge >= 0.3 is 5.97 Å². The minimum Gasteiger partial charge on any atom is -0.467 e. The van der Waals surface area contributed by atoms with Crippen molar-refractivity contribution in [3.05, 3.63) is 11.9 Å². The molecule has 1 atom stereocenters. The second kappa shape index (κ2) is 2.51. The molecule has 0 amide bonds. The van der Waals surface area contributed by atoms with Crippen LogP contribution < -0.4 is 5.32 Å². The molecule has 1 unspecified atom stereocenters. The van der Waals surface area contributed by atoms with Gasteiger partial charge < -0.3 is 10.1 Å². The maximum Gasteiger partial charge on any atom is 0.328 e. The average molecular weight is 167 g/mol. The number of carbonyl (C=O) groups excluding carboxylic acids is 1. The van der Waals surface area contributed by atoms with Gasteiger partial charge in [0.05, 0.1) is 24.7 Å². The lowest BCUT2D eigenvalue weighted by molar-refractivity contribution is -0.141. The van der Waals surface area contributed by atoms with Crippen LogP contribution in [-0.4, -0.2) is 29.3 Å². The number of esters is 1. The van der Waals surface area contributed by atoms with Crippen molar-refractivity contribution in [2.75, 3.05) is 12.4 Å². The minimum absolute atomic E-state index is 0.236. The maximum absolute atomic E-state index is 11.1. The van der Waals surface area contributed by atoms with E-state index in [1.165, 1.54) is 7.11 Å². The van der Waals surface area contributed by atoms with Crippen molar-refractivity contribution in [1.29, 1.82) is 0 Å². The van der Waals surface area contributed by atoms with Gasteiger partial charge in [-0.1, -0.05) is 0 Å². The van der Waals surface area contributed by atoms with E-state index in [4.69, 9.17) is 0 Å². The van der Waals surface area contributed by atoms with Crippen molar-refractivity contribution in [3.63, 3.8) is 0 Å². The predicted molar refractivity (Wildman–Crippen MR) is 41.7 cm³/mol. The summed E-state index contributed by atoms with van der Waals surface area (Å²) >= 11 is 0. The van der Waals surface area contributed by atoms with Crippen LogP contribution in [0, 0.1) is 0 Å². The Morgan fingerprint density at radius 3 is 3.33 bits per heavy atom. The number of carbonyl (C=O) groups is 1. The molecule has 1 aliphatic rings. The molecule has 2 rings (SSSR count). The highest BCUT2D eigenvalue weighted by atomic mass is 16.5. The molecule has 2 heterocycles. The Kier molecular flexibility index (Phi) is 1.49. The average Bonchev–Trinajstić information content (AvgIpc) is 2.60. The van der Waals surface area contributed by atoms with Crippen molar-refractivity contribution in [3.8, 4) is 0 Å². The first-order valence-electron chi connectivity index (χ1n) is 3.68. The Morgan fingerprint density at radius 1 is 1.83 bits per heavy atom. The Hall–Kier alpha value is -1.52. The van der Waals surface area contributed by atoms with E-state index >= 15 is 0 Å². The van der Waals surface area contributed by atoms with Crippen LogP contribution in [0.4, 0.5) is 5.69 Å². The maximum atomic E-state index is 11.1. The second-order valence-electron chi connectivity index (χ2n) is 2.69. The van der Waals surface area contributed by atoms with Crippen LogP contribution in [0.1, 0.15) is 5.69 Å². The van der Waals surface area contributed by atoms with Crippen LogP contribution in [0.5, 0.6) is 0 Å². The first-order chi connectivity index (χ1) is 5.81. The lowest BCUT2D eigenvalue weighted by Gasteiger charge is -2.06. The van der Waals surface area contributed by atoms with Crippen LogP contribution in [0.25, 0.3) is 0 Å². The molecule has 0 aromatic carbocycles. The van der Waals surface area contributed by atoms with E-state index in [0.29, 0.717) is 6.42 Å². The Labute approximate surface area is 69.1 Å². The highest BCUT2D eigenvalue weighted by Crippen LogP contribution is 2.22. The number of hydrogen-bond donors (Lipinski definition) is 2. The molecule has 0 radical (unpaired) electrons. The van der Waals surface area contributed by atoms with E-state index in [9.17, 15) is 4.79 Å². The van der Waals surface area contributed by atoms with Crippen molar-refractivity contribution < 1.29 is 9.53 Å². The Morgan fingerprint density at radius 2 is 2.67 bits per heavy atom. The zero-order valence-corrected chi connectivity index (χ0v) is 6.63. The van der Waals surface area contributed by atoms with Gasteiger partial charge in [0.2, 0.25) is 0 Å². The lowest BCUT2D eigenvalue weighted by atomic mass is 10.2. The van der Waals surface area contributed by atoms with Gasteiger partial charge in [0.15, 0.2) is 0 Å². The van der Waals surface area contributed by atoms with Gasteiger partial charge in [-0.3, -0.25) is 5.10 Å². The first-order valence-corrected chi connectivity index (χ1v) is 3.68. The topological polar surface area (TPSA) is 67.0 Å². The molecular weight excluding hydrogens is 158 g/mol. The zero-order chi connectivity index (χ0) is 8.55. The minimum atomic E-state index is -0.251. The summed E-state index contributed by atoms with van der Waals surface area (Å²) in [5.41, 5.74) is 1.86. The summed E-state index contributed by atoms with van der Waals surface area (Å²) < 4.78 is 4.60. The monoisotopic (exact) mass is 167 g/mol. The summed E-state index contributed by atoms with van der Waals surface area (Å²) in [5.74, 6) is -0.236. The van der Waals surface area contributed by atoms with Crippen LogP contribution in [0.3, 0.4) is 0 Å². The fraction of sp³-hybridized carbons (Fsp3) is 0.429. The molecule has 0 saturated heterocycles. The zero-order valence-electron chi connectivity index (χ0n) is 6.63. The molecule has 1 aromatic rings. The molecule has 0 saturated carbocycles. The van der Waals surface area contributed by atoms with Crippen LogP contribution in [0.15, 0.2) is 6.20 Å². The highest BCUT2D eigenvalue weighted by Gasteiger charge is 2.28. The number of H-pyrrole nitrogens is 1. The van der Waals surface area contributed by atoms with Crippen molar-refractivity contribution >= 4 is 11.7 Å². The normalized spacial score (nSPS) is 19.9. The number of fused-ring (bicyclic) bond motifs is 1. The fourth-order valence-corrected chi connectivity index (χ4v) is 1.32. The van der Waals surface area contributed by atoms with E-state index in [1.807, 2.05) is 0 Å². The molecule has 12 heavy (non-hydrogen) atoms. The third-order valence-corrected chi connectivity index (χ3v) is 1.94. The van der Waals surface area contributed by atoms with Gasteiger partial charge in [-0.15, -0.1) is 0 Å². The van der Waals surface area contributed by atoms with Gasteiger partial charge in [-0.05, 0) is 0 Å². The number of rotatable bonds is 1. The third kappa shape index (κ3) is 0.939. The number of nitrogens with zero attached hydrogens (tertiary/aromatic N) is 1. The SMILES string of the molecule is COC(=O)C1Cc2[nH]ncc2N1. The number of anilines is 1. The van der Waals surface area contributed by atoms with Crippen molar-refractivity contribution in [1.82, 2.24) is 10.2 Å². The molecule has 0 fully saturated rings. The van der Waals surface area contributed by atoms with Crippen LogP contribution in [0.2, 0.25) is 0 Å². The van der Waals surface area contributed by atoms with Gasteiger partial charge in [0.1, 0.15) is 6.04 Å². The molecule has 1 aromatic heterocycles. The van der Waals surface area contributed by atoms with Crippen molar-refractivity contribution in [2.45, 2.75) is 12.5 Å². The number of methoxy groups -OCH3 is 1. The first kappa shape index (κ1) is 7.15. The molecule has 64 valence electrons. The second-order valence-corrected chi connectivity index (χ2v) is 2.69. The lowest BCUT2D eigenvalue weighted by Crippen LogP contribution is -2.28. The van der Waals surface area contributed by atoms with E-state index in [0.717, 1.165) is 11.4 Å². The summed E-state index contributed by atoms with van der Waals surface area (Å²) in [5, 5.41) is 9.63. The number of nitrogens with one attached hydrogen (secondary N) is 2. The molecule has 5 nitrogen and oxygen atoms in total. The molecule has 2 N–H and O–H groups in total. The van der Waals surface area contributed by atoms with E-state index < -0.39 is 0 Å². The Bertz CT molecular complexity index is 287. The van der Waals surface area contributed by atoms with Crippen molar-refractivity contribution in [2.24, 2.45) is 0 Å². The fourth-order valence-electron chi connectivity index (χ4n) is 1.32. The number of ether oxygens (including phenoxy) is 1. The van der Waals surface area contributed by atoms with Gasteiger partial charge in [0.25, 0.3) is 0 Å². The molecule has 0 aliphatic carbocycles. The molecule has 1 aliphatic heterocycles. The standard InChI is InChI=1S/C7H9N3O2/c1-12-7(11)5-2-4-6(9-5)3-8-10-4/h3,5,9H,2H2,1H3,(H,8,10). The Balaban J connectivity index is 2.12. The summed E-state index contributed by atoms with van der Waals surface area (Å²) in [6.45, 7) is 0. The molecular formula is C7H9N3O2. The smallest absolute Gasteiger partial charge is 0.328 e. The third-order valence-electron chi connectivity index (χ3n) is 1.94. The number of aromatic amines is 1. The summed E-state index contributed by atoms with van der Waals surface area (Å²) in [4.78, 5) is 11.1. The van der Waals surface area contributed by atoms with E-state index in [2.05, 4.69) is 20.3 Å². The number of aromatic nitrogens is 2. The van der Waals surface area contributed by atoms with E-state index in [-0.39, 0.29) is 12.0 Å². The van der Waals surface area contributed by atoms with Crippen LogP contribution in [-0.2, 0) is 16.0 Å². The highest BCUT2D eigenvalue weighted by molar-refractivity contribution is 5.82.